The summed E-state index contributed by atoms with van der Waals surface area (Å²) in [6, 6.07) is 11.4. The molecule has 1 aromatic carbocycles. The molecule has 0 spiro atoms. The first kappa shape index (κ1) is 21.3. The van der Waals surface area contributed by atoms with Crippen LogP contribution in [0.2, 0.25) is 0 Å². The van der Waals surface area contributed by atoms with Crippen LogP contribution in [0.1, 0.15) is 24.0 Å². The number of methoxy groups -OCH3 is 1. The van der Waals surface area contributed by atoms with Crippen molar-refractivity contribution in [3.8, 4) is 5.75 Å². The van der Waals surface area contributed by atoms with E-state index in [1.807, 2.05) is 47.5 Å². The minimum absolute atomic E-state index is 0.129. The van der Waals surface area contributed by atoms with Crippen molar-refractivity contribution < 1.29 is 9.47 Å². The molecule has 0 unspecified atom stereocenters. The van der Waals surface area contributed by atoms with Crippen molar-refractivity contribution in [2.24, 2.45) is 0 Å². The molecule has 31 heavy (non-hydrogen) atoms. The summed E-state index contributed by atoms with van der Waals surface area (Å²) in [5.74, 6) is 0.742. The summed E-state index contributed by atoms with van der Waals surface area (Å²) in [5.41, 5.74) is 2.29. The SMILES string of the molecule is COc1ccc2[nH]c(=O)c(CN(Cc3cccnc3)C(=S)NC[C@@H]3CCCO3)cc2c1. The highest BCUT2D eigenvalue weighted by atomic mass is 32.1. The Morgan fingerprint density at radius 3 is 3.00 bits per heavy atom. The van der Waals surface area contributed by atoms with Gasteiger partial charge in [0.1, 0.15) is 5.75 Å². The number of aromatic amines is 1. The summed E-state index contributed by atoms with van der Waals surface area (Å²) in [4.78, 5) is 21.9. The summed E-state index contributed by atoms with van der Waals surface area (Å²) in [7, 11) is 1.63. The predicted octanol–water partition coefficient (Wildman–Crippen LogP) is 2.99. The summed E-state index contributed by atoms with van der Waals surface area (Å²) in [5, 5.41) is 4.82. The fourth-order valence-electron chi connectivity index (χ4n) is 3.71. The second kappa shape index (κ2) is 9.89. The first-order chi connectivity index (χ1) is 15.1. The largest absolute Gasteiger partial charge is 0.497 e. The molecular formula is C23H26N4O3S. The fraction of sp³-hybridized carbons (Fsp3) is 0.348. The van der Waals surface area contributed by atoms with Gasteiger partial charge in [-0.05, 0) is 61.0 Å². The summed E-state index contributed by atoms with van der Waals surface area (Å²) in [6.07, 6.45) is 5.84. The molecule has 2 aromatic heterocycles. The third-order valence-electron chi connectivity index (χ3n) is 5.38. The summed E-state index contributed by atoms with van der Waals surface area (Å²) < 4.78 is 11.0. The second-order valence-electron chi connectivity index (χ2n) is 7.62. The molecule has 0 radical (unpaired) electrons. The lowest BCUT2D eigenvalue weighted by Crippen LogP contribution is -2.42. The third kappa shape index (κ3) is 5.39. The number of rotatable bonds is 7. The van der Waals surface area contributed by atoms with Crippen molar-refractivity contribution in [1.29, 1.82) is 0 Å². The number of benzene rings is 1. The van der Waals surface area contributed by atoms with E-state index in [4.69, 9.17) is 21.7 Å². The zero-order valence-corrected chi connectivity index (χ0v) is 18.3. The van der Waals surface area contributed by atoms with Crippen LogP contribution in [0.25, 0.3) is 10.9 Å². The zero-order chi connectivity index (χ0) is 21.6. The number of pyridine rings is 2. The number of ether oxygens (including phenoxy) is 2. The maximum atomic E-state index is 12.8. The van der Waals surface area contributed by atoms with E-state index in [2.05, 4.69) is 15.3 Å². The maximum absolute atomic E-state index is 12.8. The Balaban J connectivity index is 1.57. The Kier molecular flexibility index (Phi) is 6.79. The van der Waals surface area contributed by atoms with Gasteiger partial charge in [-0.1, -0.05) is 6.07 Å². The highest BCUT2D eigenvalue weighted by molar-refractivity contribution is 7.80. The van der Waals surface area contributed by atoms with Crippen molar-refractivity contribution in [3.63, 3.8) is 0 Å². The minimum Gasteiger partial charge on any atom is -0.497 e. The lowest BCUT2D eigenvalue weighted by atomic mass is 10.1. The van der Waals surface area contributed by atoms with E-state index in [9.17, 15) is 4.79 Å². The Morgan fingerprint density at radius 2 is 2.26 bits per heavy atom. The van der Waals surface area contributed by atoms with Gasteiger partial charge in [0.05, 0.1) is 19.8 Å². The molecular weight excluding hydrogens is 412 g/mol. The van der Waals surface area contributed by atoms with Gasteiger partial charge in [0.25, 0.3) is 5.56 Å². The molecule has 1 fully saturated rings. The molecule has 1 aliphatic heterocycles. The van der Waals surface area contributed by atoms with Gasteiger partial charge in [-0.3, -0.25) is 9.78 Å². The molecule has 3 heterocycles. The van der Waals surface area contributed by atoms with E-state index in [1.54, 1.807) is 13.3 Å². The van der Waals surface area contributed by atoms with Crippen LogP contribution < -0.4 is 15.6 Å². The van der Waals surface area contributed by atoms with Crippen LogP contribution in [-0.2, 0) is 17.8 Å². The molecule has 1 atom stereocenters. The van der Waals surface area contributed by atoms with Gasteiger partial charge in [0.2, 0.25) is 0 Å². The average Bonchev–Trinajstić information content (AvgIpc) is 3.31. The third-order valence-corrected chi connectivity index (χ3v) is 5.78. The standard InChI is InChI=1S/C23H26N4O3S/c1-29-19-6-7-21-17(11-19)10-18(22(28)26-21)15-27(14-16-4-2-8-24-12-16)23(31)25-13-20-5-3-9-30-20/h2,4,6-8,10-12,20H,3,5,9,13-15H2,1H3,(H,25,31)(H,26,28)/t20-/m0/s1. The first-order valence-corrected chi connectivity index (χ1v) is 10.8. The fourth-order valence-corrected chi connectivity index (χ4v) is 3.92. The van der Waals surface area contributed by atoms with E-state index in [0.717, 1.165) is 41.7 Å². The maximum Gasteiger partial charge on any atom is 0.253 e. The molecule has 1 aliphatic rings. The van der Waals surface area contributed by atoms with Gasteiger partial charge in [0, 0.05) is 48.6 Å². The topological polar surface area (TPSA) is 79.5 Å². The number of hydrogen-bond donors (Lipinski definition) is 2. The quantitative estimate of drug-likeness (QED) is 0.549. The van der Waals surface area contributed by atoms with E-state index in [1.165, 1.54) is 0 Å². The van der Waals surface area contributed by atoms with E-state index >= 15 is 0 Å². The number of thiocarbonyl (C=S) groups is 1. The molecule has 7 nitrogen and oxygen atoms in total. The molecule has 4 rings (SSSR count). The van der Waals surface area contributed by atoms with Crippen molar-refractivity contribution in [2.45, 2.75) is 32.0 Å². The lowest BCUT2D eigenvalue weighted by molar-refractivity contribution is 0.113. The highest BCUT2D eigenvalue weighted by Gasteiger charge is 2.18. The molecule has 0 bridgehead atoms. The lowest BCUT2D eigenvalue weighted by Gasteiger charge is -2.26. The van der Waals surface area contributed by atoms with Crippen molar-refractivity contribution in [3.05, 3.63) is 70.3 Å². The van der Waals surface area contributed by atoms with Crippen LogP contribution in [0.3, 0.4) is 0 Å². The normalized spacial score (nSPS) is 15.7. The highest BCUT2D eigenvalue weighted by Crippen LogP contribution is 2.20. The van der Waals surface area contributed by atoms with Gasteiger partial charge in [-0.2, -0.15) is 0 Å². The molecule has 0 amide bonds. The minimum atomic E-state index is -0.129. The van der Waals surface area contributed by atoms with Gasteiger partial charge in [0.15, 0.2) is 5.11 Å². The van der Waals surface area contributed by atoms with Crippen LogP contribution in [0.5, 0.6) is 5.75 Å². The molecule has 1 saturated heterocycles. The van der Waals surface area contributed by atoms with Gasteiger partial charge in [-0.25, -0.2) is 0 Å². The van der Waals surface area contributed by atoms with Gasteiger partial charge < -0.3 is 24.7 Å². The van der Waals surface area contributed by atoms with Crippen LogP contribution in [0, 0.1) is 0 Å². The Hall–Kier alpha value is -2.97. The number of hydrogen-bond acceptors (Lipinski definition) is 5. The number of nitrogens with zero attached hydrogens (tertiary/aromatic N) is 2. The van der Waals surface area contributed by atoms with Crippen LogP contribution in [0.15, 0.2) is 53.6 Å². The Morgan fingerprint density at radius 1 is 1.35 bits per heavy atom. The predicted molar refractivity (Wildman–Crippen MR) is 124 cm³/mol. The number of fused-ring (bicyclic) bond motifs is 1. The second-order valence-corrected chi connectivity index (χ2v) is 8.00. The smallest absolute Gasteiger partial charge is 0.253 e. The van der Waals surface area contributed by atoms with E-state index in [-0.39, 0.29) is 11.7 Å². The molecule has 8 heteroatoms. The zero-order valence-electron chi connectivity index (χ0n) is 17.5. The van der Waals surface area contributed by atoms with Gasteiger partial charge >= 0.3 is 0 Å². The molecule has 3 aromatic rings. The Labute approximate surface area is 186 Å². The molecule has 2 N–H and O–H groups in total. The van der Waals surface area contributed by atoms with Crippen molar-refractivity contribution >= 4 is 28.2 Å². The molecule has 0 saturated carbocycles. The molecule has 162 valence electrons. The van der Waals surface area contributed by atoms with Crippen LogP contribution in [0.4, 0.5) is 0 Å². The number of H-pyrrole nitrogens is 1. The molecule has 0 aliphatic carbocycles. The Bertz CT molecular complexity index is 1100. The van der Waals surface area contributed by atoms with Crippen LogP contribution >= 0.6 is 12.2 Å². The van der Waals surface area contributed by atoms with Crippen LogP contribution in [-0.4, -0.2) is 46.3 Å². The van der Waals surface area contributed by atoms with E-state index < -0.39 is 0 Å². The van der Waals surface area contributed by atoms with Gasteiger partial charge in [-0.15, -0.1) is 0 Å². The number of aromatic nitrogens is 2. The summed E-state index contributed by atoms with van der Waals surface area (Å²) in [6.45, 7) is 2.37. The van der Waals surface area contributed by atoms with E-state index in [0.29, 0.717) is 30.3 Å². The monoisotopic (exact) mass is 438 g/mol. The number of nitrogens with one attached hydrogen (secondary N) is 2. The summed E-state index contributed by atoms with van der Waals surface area (Å²) >= 11 is 5.69. The van der Waals surface area contributed by atoms with Crippen molar-refractivity contribution in [2.75, 3.05) is 20.3 Å². The first-order valence-electron chi connectivity index (χ1n) is 10.4. The average molecular weight is 439 g/mol. The van der Waals surface area contributed by atoms with Crippen molar-refractivity contribution in [1.82, 2.24) is 20.2 Å².